The SMILES string of the molecule is C=CC(=O)N1CCN(c2nc(OCC)nc3c2CCC2(CCCc4ccccc42)O3)CC1.CC#N.CN1CCCC1. The maximum atomic E-state index is 12.0. The number of piperazine rings is 1. The molecule has 1 unspecified atom stereocenters. The second-order valence-corrected chi connectivity index (χ2v) is 10.9. The molecule has 1 spiro atoms. The van der Waals surface area contributed by atoms with Crippen molar-refractivity contribution >= 4 is 11.7 Å². The highest BCUT2D eigenvalue weighted by atomic mass is 16.5. The van der Waals surface area contributed by atoms with Crippen molar-refractivity contribution in [2.75, 3.05) is 57.8 Å². The molecule has 1 atom stereocenters. The first-order valence-corrected chi connectivity index (χ1v) is 14.9. The van der Waals surface area contributed by atoms with E-state index in [1.165, 1.54) is 50.1 Å². The normalized spacial score (nSPS) is 21.1. The molecular formula is C32H44N6O3. The van der Waals surface area contributed by atoms with E-state index in [2.05, 4.69) is 52.7 Å². The molecule has 2 saturated heterocycles. The van der Waals surface area contributed by atoms with E-state index in [1.54, 1.807) is 6.07 Å². The van der Waals surface area contributed by atoms with Crippen LogP contribution in [-0.4, -0.2) is 78.6 Å². The molecule has 1 aromatic heterocycles. The number of amides is 1. The van der Waals surface area contributed by atoms with Gasteiger partial charge in [0.2, 0.25) is 11.8 Å². The van der Waals surface area contributed by atoms with Gasteiger partial charge in [0.1, 0.15) is 11.4 Å². The number of aromatic nitrogens is 2. The fourth-order valence-corrected chi connectivity index (χ4v) is 6.14. The molecule has 220 valence electrons. The molecule has 1 aliphatic carbocycles. The number of aryl methyl sites for hydroxylation is 1. The van der Waals surface area contributed by atoms with E-state index in [4.69, 9.17) is 19.7 Å². The summed E-state index contributed by atoms with van der Waals surface area (Å²) in [5, 5.41) is 7.32. The lowest BCUT2D eigenvalue weighted by atomic mass is 9.75. The number of nitriles is 1. The standard InChI is InChI=1S/C25H30N4O3.C5H11N.C2H3N/c1-3-21(30)28-14-16-29(17-15-28)22-19-11-13-25(32-23(19)27-24(26-22)31-4-2)12-7-9-18-8-5-6-10-20(18)25;1-6-4-2-3-5-6;1-2-3/h3,5-6,8,10H,1,4,7,9,11-17H2,2H3;2-5H2,1H3;1H3. The molecule has 0 bridgehead atoms. The predicted octanol–water partition coefficient (Wildman–Crippen LogP) is 4.51. The van der Waals surface area contributed by atoms with Gasteiger partial charge in [-0.15, -0.1) is 0 Å². The second kappa shape index (κ2) is 14.3. The van der Waals surface area contributed by atoms with Crippen molar-refractivity contribution in [3.63, 3.8) is 0 Å². The molecular weight excluding hydrogens is 516 g/mol. The average Bonchev–Trinajstić information content (AvgIpc) is 3.48. The van der Waals surface area contributed by atoms with Gasteiger partial charge in [0.05, 0.1) is 18.2 Å². The van der Waals surface area contributed by atoms with Crippen LogP contribution in [0.1, 0.15) is 62.6 Å². The Morgan fingerprint density at radius 2 is 1.80 bits per heavy atom. The van der Waals surface area contributed by atoms with Gasteiger partial charge in [-0.05, 0) is 89.2 Å². The van der Waals surface area contributed by atoms with Crippen LogP contribution in [0, 0.1) is 11.3 Å². The number of rotatable bonds is 4. The van der Waals surface area contributed by atoms with E-state index in [0.717, 1.165) is 43.5 Å². The number of anilines is 1. The fourth-order valence-electron chi connectivity index (χ4n) is 6.14. The van der Waals surface area contributed by atoms with Crippen molar-refractivity contribution in [3.8, 4) is 18.0 Å². The van der Waals surface area contributed by atoms with E-state index in [9.17, 15) is 4.79 Å². The number of fused-ring (bicyclic) bond motifs is 3. The fraction of sp³-hybridized carbons (Fsp3) is 0.562. The van der Waals surface area contributed by atoms with Gasteiger partial charge in [-0.1, -0.05) is 30.8 Å². The van der Waals surface area contributed by atoms with Crippen LogP contribution in [0.15, 0.2) is 36.9 Å². The molecule has 4 heterocycles. The zero-order valence-corrected chi connectivity index (χ0v) is 24.9. The summed E-state index contributed by atoms with van der Waals surface area (Å²) < 4.78 is 12.5. The summed E-state index contributed by atoms with van der Waals surface area (Å²) in [5.74, 6) is 1.50. The summed E-state index contributed by atoms with van der Waals surface area (Å²) in [6.45, 7) is 12.8. The topological polar surface area (TPSA) is 94.8 Å². The first-order valence-electron chi connectivity index (χ1n) is 14.9. The van der Waals surface area contributed by atoms with Crippen molar-refractivity contribution in [1.82, 2.24) is 19.8 Å². The van der Waals surface area contributed by atoms with Crippen molar-refractivity contribution in [3.05, 3.63) is 53.6 Å². The zero-order valence-electron chi connectivity index (χ0n) is 24.9. The third-order valence-corrected chi connectivity index (χ3v) is 8.20. The maximum absolute atomic E-state index is 12.0. The Morgan fingerprint density at radius 3 is 2.44 bits per heavy atom. The summed E-state index contributed by atoms with van der Waals surface area (Å²) >= 11 is 0. The van der Waals surface area contributed by atoms with Gasteiger partial charge >= 0.3 is 6.01 Å². The summed E-state index contributed by atoms with van der Waals surface area (Å²) in [6.07, 6.45) is 9.18. The Bertz CT molecular complexity index is 1230. The van der Waals surface area contributed by atoms with E-state index < -0.39 is 0 Å². The highest BCUT2D eigenvalue weighted by molar-refractivity contribution is 5.87. The van der Waals surface area contributed by atoms with E-state index in [-0.39, 0.29) is 11.5 Å². The molecule has 4 aliphatic rings. The Hall–Kier alpha value is -3.64. The Morgan fingerprint density at radius 1 is 1.10 bits per heavy atom. The quantitative estimate of drug-likeness (QED) is 0.505. The van der Waals surface area contributed by atoms with Gasteiger partial charge in [-0.2, -0.15) is 15.2 Å². The van der Waals surface area contributed by atoms with Gasteiger partial charge in [0.25, 0.3) is 0 Å². The molecule has 41 heavy (non-hydrogen) atoms. The summed E-state index contributed by atoms with van der Waals surface area (Å²) in [5.41, 5.74) is 3.40. The monoisotopic (exact) mass is 560 g/mol. The molecule has 9 heteroatoms. The number of benzene rings is 1. The van der Waals surface area contributed by atoms with Crippen LogP contribution >= 0.6 is 0 Å². The number of carbonyl (C=O) groups is 1. The molecule has 1 aromatic carbocycles. The molecule has 0 radical (unpaired) electrons. The average molecular weight is 561 g/mol. The number of hydrogen-bond donors (Lipinski definition) is 0. The third kappa shape index (κ3) is 7.17. The molecule has 6 rings (SSSR count). The van der Waals surface area contributed by atoms with Gasteiger partial charge in [-0.25, -0.2) is 0 Å². The number of likely N-dealkylation sites (tertiary alicyclic amines) is 1. The highest BCUT2D eigenvalue weighted by Crippen LogP contribution is 2.48. The molecule has 1 amide bonds. The molecule has 2 fully saturated rings. The van der Waals surface area contributed by atoms with Crippen LogP contribution in [0.4, 0.5) is 5.82 Å². The number of carbonyl (C=O) groups excluding carboxylic acids is 1. The second-order valence-electron chi connectivity index (χ2n) is 10.9. The van der Waals surface area contributed by atoms with Crippen molar-refractivity contribution in [1.29, 1.82) is 5.26 Å². The Kier molecular flexibility index (Phi) is 10.6. The first kappa shape index (κ1) is 30.3. The van der Waals surface area contributed by atoms with Gasteiger partial charge < -0.3 is 24.2 Å². The van der Waals surface area contributed by atoms with Gasteiger partial charge in [-0.3, -0.25) is 4.79 Å². The number of nitrogens with zero attached hydrogens (tertiary/aromatic N) is 6. The van der Waals surface area contributed by atoms with Crippen LogP contribution in [0.2, 0.25) is 0 Å². The molecule has 2 aromatic rings. The molecule has 0 N–H and O–H groups in total. The summed E-state index contributed by atoms with van der Waals surface area (Å²) in [6, 6.07) is 10.7. The van der Waals surface area contributed by atoms with E-state index in [0.29, 0.717) is 44.7 Å². The van der Waals surface area contributed by atoms with Crippen LogP contribution < -0.4 is 14.4 Å². The lowest BCUT2D eigenvalue weighted by Crippen LogP contribution is -2.49. The van der Waals surface area contributed by atoms with Crippen LogP contribution in [0.3, 0.4) is 0 Å². The minimum atomic E-state index is -0.327. The van der Waals surface area contributed by atoms with E-state index in [1.807, 2.05) is 11.8 Å². The van der Waals surface area contributed by atoms with Gasteiger partial charge in [0, 0.05) is 33.1 Å². The third-order valence-electron chi connectivity index (χ3n) is 8.20. The van der Waals surface area contributed by atoms with Crippen LogP contribution in [0.25, 0.3) is 0 Å². The molecule has 9 nitrogen and oxygen atoms in total. The number of hydrogen-bond acceptors (Lipinski definition) is 8. The summed E-state index contributed by atoms with van der Waals surface area (Å²) in [7, 11) is 2.17. The van der Waals surface area contributed by atoms with Gasteiger partial charge in [0.15, 0.2) is 0 Å². The molecule has 3 aliphatic heterocycles. The lowest BCUT2D eigenvalue weighted by Gasteiger charge is -2.43. The van der Waals surface area contributed by atoms with Crippen molar-refractivity contribution in [2.45, 2.75) is 64.4 Å². The predicted molar refractivity (Wildman–Crippen MR) is 160 cm³/mol. The smallest absolute Gasteiger partial charge is 0.321 e. The van der Waals surface area contributed by atoms with Crippen LogP contribution in [0.5, 0.6) is 11.9 Å². The Labute approximate surface area is 244 Å². The summed E-state index contributed by atoms with van der Waals surface area (Å²) in [4.78, 5) is 27.8. The minimum Gasteiger partial charge on any atom is -0.466 e. The van der Waals surface area contributed by atoms with Crippen LogP contribution in [-0.2, 0) is 23.2 Å². The van der Waals surface area contributed by atoms with Crippen molar-refractivity contribution in [2.24, 2.45) is 0 Å². The maximum Gasteiger partial charge on any atom is 0.321 e. The molecule has 0 saturated carbocycles. The zero-order chi connectivity index (χ0) is 29.2. The van der Waals surface area contributed by atoms with Crippen molar-refractivity contribution < 1.29 is 14.3 Å². The minimum absolute atomic E-state index is 0.0226. The Balaban J connectivity index is 0.000000372. The highest BCUT2D eigenvalue weighted by Gasteiger charge is 2.43. The largest absolute Gasteiger partial charge is 0.466 e. The lowest BCUT2D eigenvalue weighted by molar-refractivity contribution is -0.126. The van der Waals surface area contributed by atoms with E-state index >= 15 is 0 Å². The number of ether oxygens (including phenoxy) is 2. The first-order chi connectivity index (χ1) is 19.9.